The first kappa shape index (κ1) is 21.3. The number of ether oxygens (including phenoxy) is 1. The minimum absolute atomic E-state index is 0.0256. The number of carbonyl (C=O) groups excluding carboxylic acids is 1. The van der Waals surface area contributed by atoms with E-state index in [1.807, 2.05) is 55.5 Å². The summed E-state index contributed by atoms with van der Waals surface area (Å²) in [7, 11) is 0. The molecule has 0 aliphatic carbocycles. The lowest BCUT2D eigenvalue weighted by molar-refractivity contribution is -0.108. The Morgan fingerprint density at radius 2 is 2.00 bits per heavy atom. The zero-order valence-electron chi connectivity index (χ0n) is 17.9. The minimum Gasteiger partial charge on any atom is -0.488 e. The Labute approximate surface area is 177 Å². The molecule has 0 atom stereocenters. The quantitative estimate of drug-likeness (QED) is 0.334. The van der Waals surface area contributed by atoms with Crippen molar-refractivity contribution in [1.29, 1.82) is 0 Å². The molecular formula is C24H28N4O2. The summed E-state index contributed by atoms with van der Waals surface area (Å²) in [5.74, 6) is 0.780. The van der Waals surface area contributed by atoms with Gasteiger partial charge >= 0.3 is 0 Å². The molecule has 0 saturated heterocycles. The number of hydrogen-bond acceptors (Lipinski definition) is 4. The van der Waals surface area contributed by atoms with E-state index in [-0.39, 0.29) is 11.6 Å². The smallest absolute Gasteiger partial charge is 0.213 e. The van der Waals surface area contributed by atoms with Crippen molar-refractivity contribution in [2.24, 2.45) is 10.7 Å². The number of rotatable bonds is 7. The number of aliphatic imine (C=N–C) groups is 1. The lowest BCUT2D eigenvalue weighted by Crippen LogP contribution is -2.29. The molecule has 0 bridgehead atoms. The molecule has 2 aromatic carbocycles. The molecule has 3 rings (SSSR count). The van der Waals surface area contributed by atoms with Crippen LogP contribution in [0.1, 0.15) is 39.2 Å². The summed E-state index contributed by atoms with van der Waals surface area (Å²) in [5, 5.41) is 3.21. The number of aromatic nitrogens is 1. The average molecular weight is 405 g/mol. The maximum absolute atomic E-state index is 10.7. The van der Waals surface area contributed by atoms with Gasteiger partial charge in [0.1, 0.15) is 11.4 Å². The Kier molecular flexibility index (Phi) is 6.35. The first-order valence-electron chi connectivity index (χ1n) is 10.1. The van der Waals surface area contributed by atoms with Crippen LogP contribution in [0.4, 0.5) is 5.69 Å². The number of guanidine groups is 1. The SMILES string of the molecule is CCCC(C)(C)Oc1ccc2c(N=C(N)NC=O)cc(-c3ccccc3C)nc2c1. The van der Waals surface area contributed by atoms with E-state index in [1.165, 1.54) is 0 Å². The van der Waals surface area contributed by atoms with E-state index in [2.05, 4.69) is 31.1 Å². The molecule has 6 heteroatoms. The summed E-state index contributed by atoms with van der Waals surface area (Å²) in [6, 6.07) is 15.7. The van der Waals surface area contributed by atoms with Gasteiger partial charge in [0.05, 0.1) is 16.9 Å². The Balaban J connectivity index is 2.16. The van der Waals surface area contributed by atoms with Crippen LogP contribution in [0.2, 0.25) is 0 Å². The van der Waals surface area contributed by atoms with Gasteiger partial charge in [0.2, 0.25) is 6.41 Å². The number of amides is 1. The first-order chi connectivity index (χ1) is 14.3. The van der Waals surface area contributed by atoms with E-state index in [0.29, 0.717) is 12.1 Å². The van der Waals surface area contributed by atoms with Crippen molar-refractivity contribution in [3.8, 4) is 17.0 Å². The molecule has 0 unspecified atom stereocenters. The summed E-state index contributed by atoms with van der Waals surface area (Å²) < 4.78 is 6.22. The molecule has 0 spiro atoms. The van der Waals surface area contributed by atoms with Crippen molar-refractivity contribution < 1.29 is 9.53 Å². The highest BCUT2D eigenvalue weighted by atomic mass is 16.5. The largest absolute Gasteiger partial charge is 0.488 e. The van der Waals surface area contributed by atoms with Crippen molar-refractivity contribution in [2.45, 2.75) is 46.1 Å². The highest BCUT2D eigenvalue weighted by molar-refractivity contribution is 5.97. The summed E-state index contributed by atoms with van der Waals surface area (Å²) in [5.41, 5.74) is 9.84. The molecule has 0 fully saturated rings. The second-order valence-corrected chi connectivity index (χ2v) is 7.89. The first-order valence-corrected chi connectivity index (χ1v) is 10.1. The van der Waals surface area contributed by atoms with Gasteiger partial charge in [-0.15, -0.1) is 0 Å². The molecule has 0 radical (unpaired) electrons. The number of aryl methyl sites for hydroxylation is 1. The fourth-order valence-corrected chi connectivity index (χ4v) is 3.54. The Hall–Kier alpha value is -3.41. The average Bonchev–Trinajstić information content (AvgIpc) is 2.67. The normalized spacial score (nSPS) is 12.1. The molecule has 156 valence electrons. The van der Waals surface area contributed by atoms with E-state index in [9.17, 15) is 4.79 Å². The van der Waals surface area contributed by atoms with Gasteiger partial charge in [-0.2, -0.15) is 0 Å². The zero-order valence-corrected chi connectivity index (χ0v) is 17.9. The molecule has 0 aliphatic heterocycles. The number of nitrogens with zero attached hydrogens (tertiary/aromatic N) is 2. The Morgan fingerprint density at radius 1 is 1.23 bits per heavy atom. The van der Waals surface area contributed by atoms with Crippen LogP contribution in [0.3, 0.4) is 0 Å². The lowest BCUT2D eigenvalue weighted by Gasteiger charge is -2.26. The molecule has 3 N–H and O–H groups in total. The van der Waals surface area contributed by atoms with E-state index < -0.39 is 0 Å². The number of nitrogens with one attached hydrogen (secondary N) is 1. The van der Waals surface area contributed by atoms with Crippen LogP contribution < -0.4 is 15.8 Å². The van der Waals surface area contributed by atoms with Crippen molar-refractivity contribution in [3.05, 3.63) is 54.1 Å². The molecule has 3 aromatic rings. The topological polar surface area (TPSA) is 89.6 Å². The second kappa shape index (κ2) is 8.95. The minimum atomic E-state index is -0.269. The van der Waals surface area contributed by atoms with Crippen LogP contribution >= 0.6 is 0 Å². The Morgan fingerprint density at radius 3 is 2.70 bits per heavy atom. The van der Waals surface area contributed by atoms with Crippen LogP contribution in [-0.2, 0) is 4.79 Å². The predicted octanol–water partition coefficient (Wildman–Crippen LogP) is 4.86. The van der Waals surface area contributed by atoms with Crippen LogP contribution in [0.5, 0.6) is 5.75 Å². The van der Waals surface area contributed by atoms with Crippen molar-refractivity contribution >= 4 is 29.0 Å². The number of pyridine rings is 1. The Bertz CT molecular complexity index is 1090. The lowest BCUT2D eigenvalue weighted by atomic mass is 10.0. The molecule has 1 aromatic heterocycles. The number of hydrogen-bond donors (Lipinski definition) is 2. The zero-order chi connectivity index (χ0) is 21.7. The third-order valence-electron chi connectivity index (χ3n) is 4.87. The van der Waals surface area contributed by atoms with Gasteiger partial charge in [0, 0.05) is 17.0 Å². The number of carbonyl (C=O) groups is 1. The fraction of sp³-hybridized carbons (Fsp3) is 0.292. The van der Waals surface area contributed by atoms with Gasteiger partial charge < -0.3 is 10.5 Å². The van der Waals surface area contributed by atoms with Gasteiger partial charge in [-0.1, -0.05) is 37.6 Å². The molecule has 6 nitrogen and oxygen atoms in total. The molecule has 1 amide bonds. The third-order valence-corrected chi connectivity index (χ3v) is 4.87. The van der Waals surface area contributed by atoms with Gasteiger partial charge in [0.15, 0.2) is 5.96 Å². The maximum atomic E-state index is 10.7. The molecule has 30 heavy (non-hydrogen) atoms. The third kappa shape index (κ3) is 4.95. The van der Waals surface area contributed by atoms with Crippen LogP contribution in [0.15, 0.2) is 53.5 Å². The highest BCUT2D eigenvalue weighted by Crippen LogP contribution is 2.34. The molecule has 0 aliphatic rings. The van der Waals surface area contributed by atoms with Crippen molar-refractivity contribution in [3.63, 3.8) is 0 Å². The number of fused-ring (bicyclic) bond motifs is 1. The van der Waals surface area contributed by atoms with Gasteiger partial charge in [-0.3, -0.25) is 10.1 Å². The van der Waals surface area contributed by atoms with E-state index in [1.54, 1.807) is 0 Å². The van der Waals surface area contributed by atoms with Crippen LogP contribution in [-0.4, -0.2) is 23.0 Å². The summed E-state index contributed by atoms with van der Waals surface area (Å²) in [4.78, 5) is 20.0. The summed E-state index contributed by atoms with van der Waals surface area (Å²) in [6.07, 6.45) is 2.50. The number of nitrogens with two attached hydrogens (primary N) is 1. The highest BCUT2D eigenvalue weighted by Gasteiger charge is 2.19. The van der Waals surface area contributed by atoms with E-state index in [4.69, 9.17) is 15.5 Å². The van der Waals surface area contributed by atoms with E-state index in [0.717, 1.165) is 46.3 Å². The number of benzene rings is 2. The molecule has 0 saturated carbocycles. The van der Waals surface area contributed by atoms with Crippen molar-refractivity contribution in [1.82, 2.24) is 10.3 Å². The fourth-order valence-electron chi connectivity index (χ4n) is 3.54. The van der Waals surface area contributed by atoms with E-state index >= 15 is 0 Å². The van der Waals surface area contributed by atoms with Crippen LogP contribution in [0.25, 0.3) is 22.2 Å². The standard InChI is InChI=1S/C24H28N4O2/c1-5-12-24(3,4)30-17-10-11-19-20(13-17)27-21(18-9-7-6-8-16(18)2)14-22(19)28-23(25)26-15-29/h6-11,13-15H,5,12H2,1-4H3,(H3,25,26,27,28,29). The van der Waals surface area contributed by atoms with Gasteiger partial charge in [-0.25, -0.2) is 9.98 Å². The predicted molar refractivity (Wildman–Crippen MR) is 122 cm³/mol. The monoisotopic (exact) mass is 404 g/mol. The van der Waals surface area contributed by atoms with Crippen LogP contribution in [0, 0.1) is 6.92 Å². The summed E-state index contributed by atoms with van der Waals surface area (Å²) in [6.45, 7) is 8.35. The van der Waals surface area contributed by atoms with Gasteiger partial charge in [-0.05, 0) is 51.0 Å². The maximum Gasteiger partial charge on any atom is 0.213 e. The van der Waals surface area contributed by atoms with Gasteiger partial charge in [0.25, 0.3) is 0 Å². The second-order valence-electron chi connectivity index (χ2n) is 7.89. The molecular weight excluding hydrogens is 376 g/mol. The van der Waals surface area contributed by atoms with Crippen molar-refractivity contribution in [2.75, 3.05) is 0 Å². The molecule has 1 heterocycles. The summed E-state index contributed by atoms with van der Waals surface area (Å²) >= 11 is 0.